The van der Waals surface area contributed by atoms with Crippen LogP contribution >= 0.6 is 11.6 Å². The van der Waals surface area contributed by atoms with Gasteiger partial charge in [0.25, 0.3) is 5.91 Å². The van der Waals surface area contributed by atoms with Crippen molar-refractivity contribution >= 4 is 27.5 Å². The highest BCUT2D eigenvalue weighted by Crippen LogP contribution is 2.28. The highest BCUT2D eigenvalue weighted by molar-refractivity contribution is 7.89. The zero-order chi connectivity index (χ0) is 23.6. The molecule has 1 N–H and O–H groups in total. The summed E-state index contributed by atoms with van der Waals surface area (Å²) in [6.45, 7) is 0.863. The maximum atomic E-state index is 13.5. The van der Waals surface area contributed by atoms with Gasteiger partial charge in [-0.05, 0) is 48.7 Å². The number of nitrogens with zero attached hydrogens (tertiary/aromatic N) is 3. The van der Waals surface area contributed by atoms with Gasteiger partial charge in [0.15, 0.2) is 0 Å². The van der Waals surface area contributed by atoms with Crippen LogP contribution in [0.1, 0.15) is 47.1 Å². The molecule has 0 bridgehead atoms. The number of carbonyl (C=O) groups excluding carboxylic acids is 1. The van der Waals surface area contributed by atoms with Crippen molar-refractivity contribution in [3.05, 3.63) is 82.6 Å². The van der Waals surface area contributed by atoms with Crippen LogP contribution in [0.2, 0.25) is 5.02 Å². The topological polar surface area (TPSA) is 84.3 Å². The maximum absolute atomic E-state index is 13.5. The zero-order valence-electron chi connectivity index (χ0n) is 18.0. The van der Waals surface area contributed by atoms with E-state index in [4.69, 9.17) is 11.6 Å². The summed E-state index contributed by atoms with van der Waals surface area (Å²) in [7, 11) is -2.03. The predicted molar refractivity (Wildman–Crippen MR) is 123 cm³/mol. The summed E-state index contributed by atoms with van der Waals surface area (Å²) in [5.74, 6) is -0.349. The second kappa shape index (κ2) is 9.62. The quantitative estimate of drug-likeness (QED) is 0.568. The van der Waals surface area contributed by atoms with Crippen molar-refractivity contribution in [3.8, 4) is 0 Å². The Morgan fingerprint density at radius 3 is 2.45 bits per heavy atom. The lowest BCUT2D eigenvalue weighted by Gasteiger charge is -2.26. The van der Waals surface area contributed by atoms with E-state index in [2.05, 4.69) is 10.3 Å². The SMILES string of the molecule is Cn1ccnc1[C@H](NC(=O)c1ccc(Cl)c(S(=O)(=O)N2CCCCC2)c1)c1ccc(F)cc1. The van der Waals surface area contributed by atoms with Crippen molar-refractivity contribution in [2.75, 3.05) is 13.1 Å². The third-order valence-corrected chi connectivity index (χ3v) is 8.10. The van der Waals surface area contributed by atoms with Crippen molar-refractivity contribution in [1.29, 1.82) is 0 Å². The molecule has 0 saturated carbocycles. The van der Waals surface area contributed by atoms with E-state index < -0.39 is 27.8 Å². The third kappa shape index (κ3) is 4.95. The Kier molecular flexibility index (Phi) is 6.83. The molecule has 0 aliphatic carbocycles. The van der Waals surface area contributed by atoms with Crippen molar-refractivity contribution in [2.45, 2.75) is 30.2 Å². The number of rotatable bonds is 6. The Morgan fingerprint density at radius 1 is 1.12 bits per heavy atom. The first-order valence-corrected chi connectivity index (χ1v) is 12.4. The molecule has 1 atom stereocenters. The van der Waals surface area contributed by atoms with Gasteiger partial charge in [-0.3, -0.25) is 4.79 Å². The minimum atomic E-state index is -3.82. The molecule has 1 aromatic heterocycles. The number of halogens is 2. The molecular formula is C23H24ClFN4O3S. The van der Waals surface area contributed by atoms with Gasteiger partial charge in [0.1, 0.15) is 22.6 Å². The summed E-state index contributed by atoms with van der Waals surface area (Å²) in [4.78, 5) is 17.4. The van der Waals surface area contributed by atoms with Crippen LogP contribution in [0.4, 0.5) is 4.39 Å². The molecular weight excluding hydrogens is 467 g/mol. The summed E-state index contributed by atoms with van der Waals surface area (Å²) in [5.41, 5.74) is 0.783. The minimum Gasteiger partial charge on any atom is -0.338 e. The molecule has 10 heteroatoms. The van der Waals surface area contributed by atoms with Gasteiger partial charge in [-0.15, -0.1) is 0 Å². The van der Waals surface area contributed by atoms with E-state index in [0.717, 1.165) is 19.3 Å². The molecule has 1 amide bonds. The normalized spacial score (nSPS) is 15.8. The zero-order valence-corrected chi connectivity index (χ0v) is 19.6. The van der Waals surface area contributed by atoms with Crippen LogP contribution < -0.4 is 5.32 Å². The number of hydrogen-bond donors (Lipinski definition) is 1. The van der Waals surface area contributed by atoms with Gasteiger partial charge >= 0.3 is 0 Å². The standard InChI is InChI=1S/C23H24ClFN4O3S/c1-28-14-11-26-22(28)21(16-5-8-18(25)9-6-16)27-23(30)17-7-10-19(24)20(15-17)33(31,32)29-12-3-2-4-13-29/h5-11,14-15,21H,2-4,12-13H2,1H3,(H,27,30)/t21-/m1/s1. The monoisotopic (exact) mass is 490 g/mol. The van der Waals surface area contributed by atoms with E-state index in [9.17, 15) is 17.6 Å². The average molecular weight is 491 g/mol. The molecule has 7 nitrogen and oxygen atoms in total. The molecule has 0 unspecified atom stereocenters. The minimum absolute atomic E-state index is 0.0660. The molecule has 33 heavy (non-hydrogen) atoms. The number of nitrogens with one attached hydrogen (secondary N) is 1. The lowest BCUT2D eigenvalue weighted by molar-refractivity contribution is 0.0941. The molecule has 0 spiro atoms. The molecule has 1 fully saturated rings. The number of hydrogen-bond acceptors (Lipinski definition) is 4. The summed E-state index contributed by atoms with van der Waals surface area (Å²) < 4.78 is 42.9. The fourth-order valence-corrected chi connectivity index (χ4v) is 5.93. The van der Waals surface area contributed by atoms with Crippen molar-refractivity contribution in [1.82, 2.24) is 19.2 Å². The number of aromatic nitrogens is 2. The molecule has 174 valence electrons. The number of aryl methyl sites for hydroxylation is 1. The van der Waals surface area contributed by atoms with Crippen LogP contribution in [0.15, 0.2) is 59.8 Å². The van der Waals surface area contributed by atoms with Gasteiger partial charge < -0.3 is 9.88 Å². The number of amides is 1. The number of imidazole rings is 1. The van der Waals surface area contributed by atoms with E-state index in [1.165, 1.54) is 34.6 Å². The molecule has 1 saturated heterocycles. The highest BCUT2D eigenvalue weighted by Gasteiger charge is 2.29. The second-order valence-electron chi connectivity index (χ2n) is 7.96. The number of piperidine rings is 1. The van der Waals surface area contributed by atoms with Crippen LogP contribution in [-0.4, -0.2) is 41.3 Å². The lowest BCUT2D eigenvalue weighted by atomic mass is 10.1. The fourth-order valence-electron chi connectivity index (χ4n) is 3.91. The largest absolute Gasteiger partial charge is 0.338 e. The Bertz CT molecular complexity index is 1250. The summed E-state index contributed by atoms with van der Waals surface area (Å²) in [6, 6.07) is 9.30. The van der Waals surface area contributed by atoms with Crippen LogP contribution in [0.3, 0.4) is 0 Å². The van der Waals surface area contributed by atoms with Gasteiger partial charge in [-0.1, -0.05) is 30.2 Å². The first kappa shape index (κ1) is 23.4. The fraction of sp³-hybridized carbons (Fsp3) is 0.304. The van der Waals surface area contributed by atoms with Crippen LogP contribution in [-0.2, 0) is 17.1 Å². The molecule has 0 radical (unpaired) electrons. The van der Waals surface area contributed by atoms with Crippen LogP contribution in [0.25, 0.3) is 0 Å². The van der Waals surface area contributed by atoms with Gasteiger partial charge in [-0.2, -0.15) is 4.31 Å². The van der Waals surface area contributed by atoms with E-state index in [1.54, 1.807) is 36.1 Å². The maximum Gasteiger partial charge on any atom is 0.252 e. The van der Waals surface area contributed by atoms with Crippen LogP contribution in [0.5, 0.6) is 0 Å². The summed E-state index contributed by atoms with van der Waals surface area (Å²) in [6.07, 6.45) is 5.91. The lowest BCUT2D eigenvalue weighted by Crippen LogP contribution is -2.36. The smallest absolute Gasteiger partial charge is 0.252 e. The predicted octanol–water partition coefficient (Wildman–Crippen LogP) is 3.91. The number of sulfonamides is 1. The molecule has 4 rings (SSSR count). The summed E-state index contributed by atoms with van der Waals surface area (Å²) >= 11 is 6.24. The van der Waals surface area contributed by atoms with Crippen molar-refractivity contribution in [3.63, 3.8) is 0 Å². The molecule has 1 aliphatic heterocycles. The Labute approximate surface area is 197 Å². The Hall–Kier alpha value is -2.75. The van der Waals surface area contributed by atoms with E-state index >= 15 is 0 Å². The van der Waals surface area contributed by atoms with Gasteiger partial charge in [-0.25, -0.2) is 17.8 Å². The van der Waals surface area contributed by atoms with Crippen LogP contribution in [0, 0.1) is 5.82 Å². The first-order chi connectivity index (χ1) is 15.8. The van der Waals surface area contributed by atoms with Gasteiger partial charge in [0.2, 0.25) is 10.0 Å². The van der Waals surface area contributed by atoms with E-state index in [-0.39, 0.29) is 15.5 Å². The number of carbonyl (C=O) groups is 1. The first-order valence-electron chi connectivity index (χ1n) is 10.6. The Morgan fingerprint density at radius 2 is 1.82 bits per heavy atom. The van der Waals surface area contributed by atoms with Crippen molar-refractivity contribution < 1.29 is 17.6 Å². The second-order valence-corrected chi connectivity index (χ2v) is 10.3. The highest BCUT2D eigenvalue weighted by atomic mass is 35.5. The van der Waals surface area contributed by atoms with Gasteiger partial charge in [0.05, 0.1) is 5.02 Å². The summed E-state index contributed by atoms with van der Waals surface area (Å²) in [5, 5.41) is 2.96. The molecule has 2 aromatic carbocycles. The molecule has 1 aliphatic rings. The Balaban J connectivity index is 1.66. The molecule has 2 heterocycles. The van der Waals surface area contributed by atoms with E-state index in [1.807, 2.05) is 0 Å². The van der Waals surface area contributed by atoms with E-state index in [0.29, 0.717) is 24.5 Å². The van der Waals surface area contributed by atoms with Crippen molar-refractivity contribution in [2.24, 2.45) is 7.05 Å². The average Bonchev–Trinajstić information content (AvgIpc) is 3.24. The molecule has 3 aromatic rings. The van der Waals surface area contributed by atoms with Gasteiger partial charge in [0, 0.05) is 38.1 Å². The third-order valence-electron chi connectivity index (χ3n) is 5.72. The number of benzene rings is 2.